The van der Waals surface area contributed by atoms with Crippen LogP contribution in [0.2, 0.25) is 0 Å². The van der Waals surface area contributed by atoms with Gasteiger partial charge in [0, 0.05) is 25.6 Å². The normalized spacial score (nSPS) is 10.2. The van der Waals surface area contributed by atoms with E-state index in [9.17, 15) is 4.79 Å². The molecule has 1 heterocycles. The Morgan fingerprint density at radius 2 is 1.89 bits per heavy atom. The van der Waals surface area contributed by atoms with Crippen LogP contribution < -0.4 is 5.32 Å². The molecule has 0 amide bonds. The third kappa shape index (κ3) is 4.50. The molecule has 1 aromatic carbocycles. The lowest BCUT2D eigenvalue weighted by Crippen LogP contribution is -2.02. The number of methoxy groups -OCH3 is 1. The van der Waals surface area contributed by atoms with Crippen LogP contribution in [0.25, 0.3) is 0 Å². The highest BCUT2D eigenvalue weighted by atomic mass is 127. The molecule has 0 unspecified atom stereocenters. The summed E-state index contributed by atoms with van der Waals surface area (Å²) in [5.74, 6) is -0.195. The average Bonchev–Trinajstić information content (AvgIpc) is 2.85. The lowest BCUT2D eigenvalue weighted by molar-refractivity contribution is -0.139. The molecule has 100 valence electrons. The van der Waals surface area contributed by atoms with E-state index >= 15 is 0 Å². The first-order valence-corrected chi connectivity index (χ1v) is 7.71. The van der Waals surface area contributed by atoms with Crippen molar-refractivity contribution in [2.45, 2.75) is 13.0 Å². The van der Waals surface area contributed by atoms with Crippen LogP contribution >= 0.6 is 33.9 Å². The van der Waals surface area contributed by atoms with Gasteiger partial charge in [0.25, 0.3) is 0 Å². The molecule has 0 atom stereocenters. The van der Waals surface area contributed by atoms with Gasteiger partial charge in [-0.3, -0.25) is 4.79 Å². The van der Waals surface area contributed by atoms with E-state index in [-0.39, 0.29) is 5.97 Å². The average molecular weight is 387 g/mol. The molecule has 0 radical (unpaired) electrons. The Balaban J connectivity index is 1.89. The van der Waals surface area contributed by atoms with Gasteiger partial charge in [-0.15, -0.1) is 11.3 Å². The van der Waals surface area contributed by atoms with Crippen molar-refractivity contribution in [3.05, 3.63) is 49.7 Å². The van der Waals surface area contributed by atoms with E-state index in [0.29, 0.717) is 6.42 Å². The highest BCUT2D eigenvalue weighted by Crippen LogP contribution is 2.19. The predicted molar refractivity (Wildman–Crippen MR) is 86.5 cm³/mol. The first-order chi connectivity index (χ1) is 9.17. The topological polar surface area (TPSA) is 38.3 Å². The van der Waals surface area contributed by atoms with Crippen LogP contribution in [0.5, 0.6) is 0 Å². The molecule has 0 fully saturated rings. The summed E-state index contributed by atoms with van der Waals surface area (Å²) in [5.41, 5.74) is 1.10. The highest BCUT2D eigenvalue weighted by Gasteiger charge is 2.06. The molecule has 3 nitrogen and oxygen atoms in total. The molecule has 2 aromatic rings. The number of halogens is 1. The molecular weight excluding hydrogens is 373 g/mol. The van der Waals surface area contributed by atoms with Crippen molar-refractivity contribution in [3.8, 4) is 0 Å². The van der Waals surface area contributed by atoms with Crippen LogP contribution in [0.4, 0.5) is 5.69 Å². The smallest absolute Gasteiger partial charge is 0.310 e. The third-order valence-electron chi connectivity index (χ3n) is 2.57. The van der Waals surface area contributed by atoms with Crippen molar-refractivity contribution in [3.63, 3.8) is 0 Å². The predicted octanol–water partition coefficient (Wildman–Crippen LogP) is 3.68. The lowest BCUT2D eigenvalue weighted by Gasteiger charge is -2.04. The van der Waals surface area contributed by atoms with Gasteiger partial charge in [0.1, 0.15) is 0 Å². The number of thiophene rings is 1. The molecule has 19 heavy (non-hydrogen) atoms. The van der Waals surface area contributed by atoms with Gasteiger partial charge in [-0.05, 0) is 59.0 Å². The summed E-state index contributed by atoms with van der Waals surface area (Å²) in [5, 5.41) is 3.36. The Labute approximate surface area is 130 Å². The minimum Gasteiger partial charge on any atom is -0.469 e. The van der Waals surface area contributed by atoms with Gasteiger partial charge in [0.2, 0.25) is 0 Å². The SMILES string of the molecule is COC(=O)Cc1ccc(CNc2ccc(I)cc2)s1. The molecule has 1 aromatic heterocycles. The van der Waals surface area contributed by atoms with Gasteiger partial charge in [0.15, 0.2) is 0 Å². The fourth-order valence-corrected chi connectivity index (χ4v) is 2.89. The van der Waals surface area contributed by atoms with Crippen molar-refractivity contribution in [1.29, 1.82) is 0 Å². The van der Waals surface area contributed by atoms with Crippen molar-refractivity contribution in [2.75, 3.05) is 12.4 Å². The molecule has 0 aliphatic carbocycles. The lowest BCUT2D eigenvalue weighted by atomic mass is 10.3. The van der Waals surface area contributed by atoms with E-state index in [1.807, 2.05) is 12.1 Å². The van der Waals surface area contributed by atoms with Gasteiger partial charge in [-0.2, -0.15) is 0 Å². The number of nitrogens with one attached hydrogen (secondary N) is 1. The molecule has 0 bridgehead atoms. The largest absolute Gasteiger partial charge is 0.469 e. The van der Waals surface area contributed by atoms with E-state index in [0.717, 1.165) is 17.1 Å². The second-order valence-corrected chi connectivity index (χ2v) is 6.48. The first kappa shape index (κ1) is 14.3. The van der Waals surface area contributed by atoms with Gasteiger partial charge < -0.3 is 10.1 Å². The molecule has 0 aliphatic heterocycles. The van der Waals surface area contributed by atoms with E-state index in [2.05, 4.69) is 56.9 Å². The summed E-state index contributed by atoms with van der Waals surface area (Å²) in [6, 6.07) is 12.3. The van der Waals surface area contributed by atoms with Crippen molar-refractivity contribution in [1.82, 2.24) is 0 Å². The second kappa shape index (κ2) is 6.91. The molecule has 0 saturated carbocycles. The molecular formula is C14H14INO2S. The Bertz CT molecular complexity index is 551. The zero-order valence-electron chi connectivity index (χ0n) is 10.5. The number of esters is 1. The van der Waals surface area contributed by atoms with E-state index < -0.39 is 0 Å². The van der Waals surface area contributed by atoms with Crippen molar-refractivity contribution < 1.29 is 9.53 Å². The number of carbonyl (C=O) groups excluding carboxylic acids is 1. The van der Waals surface area contributed by atoms with Gasteiger partial charge in [-0.25, -0.2) is 0 Å². The Morgan fingerprint density at radius 1 is 1.21 bits per heavy atom. The maximum Gasteiger partial charge on any atom is 0.310 e. The number of anilines is 1. The van der Waals surface area contributed by atoms with Crippen LogP contribution in [-0.2, 0) is 22.5 Å². The van der Waals surface area contributed by atoms with Crippen LogP contribution in [0.1, 0.15) is 9.75 Å². The number of hydrogen-bond acceptors (Lipinski definition) is 4. The summed E-state index contributed by atoms with van der Waals surface area (Å²) < 4.78 is 5.88. The third-order valence-corrected chi connectivity index (χ3v) is 4.38. The molecule has 0 spiro atoms. The Hall–Kier alpha value is -1.08. The fourth-order valence-electron chi connectivity index (χ4n) is 1.58. The summed E-state index contributed by atoms with van der Waals surface area (Å²) in [4.78, 5) is 13.4. The molecule has 5 heteroatoms. The highest BCUT2D eigenvalue weighted by molar-refractivity contribution is 14.1. The molecule has 2 rings (SSSR count). The monoisotopic (exact) mass is 387 g/mol. The zero-order chi connectivity index (χ0) is 13.7. The van der Waals surface area contributed by atoms with Gasteiger partial charge in [0.05, 0.1) is 13.5 Å². The van der Waals surface area contributed by atoms with Crippen molar-refractivity contribution in [2.24, 2.45) is 0 Å². The van der Waals surface area contributed by atoms with Crippen LogP contribution in [-0.4, -0.2) is 13.1 Å². The summed E-state index contributed by atoms with van der Waals surface area (Å²) in [7, 11) is 1.41. The Morgan fingerprint density at radius 3 is 2.58 bits per heavy atom. The molecule has 1 N–H and O–H groups in total. The summed E-state index contributed by atoms with van der Waals surface area (Å²) in [6.45, 7) is 0.770. The Kier molecular flexibility index (Phi) is 5.21. The summed E-state index contributed by atoms with van der Waals surface area (Å²) >= 11 is 3.92. The number of rotatable bonds is 5. The van der Waals surface area contributed by atoms with Crippen LogP contribution in [0, 0.1) is 3.57 Å². The number of hydrogen-bond donors (Lipinski definition) is 1. The number of carbonyl (C=O) groups is 1. The summed E-state index contributed by atoms with van der Waals surface area (Å²) in [6.07, 6.45) is 0.352. The van der Waals surface area contributed by atoms with E-state index in [1.54, 1.807) is 11.3 Å². The van der Waals surface area contributed by atoms with Crippen LogP contribution in [0.3, 0.4) is 0 Å². The standard InChI is InChI=1S/C14H14INO2S/c1-18-14(17)8-12-6-7-13(19-12)9-16-11-4-2-10(15)3-5-11/h2-7,16H,8-9H2,1H3. The zero-order valence-corrected chi connectivity index (χ0v) is 13.5. The maximum absolute atomic E-state index is 11.2. The first-order valence-electron chi connectivity index (χ1n) is 5.81. The molecule has 0 aliphatic rings. The van der Waals surface area contributed by atoms with Crippen LogP contribution in [0.15, 0.2) is 36.4 Å². The number of benzene rings is 1. The van der Waals surface area contributed by atoms with Crippen molar-refractivity contribution >= 4 is 45.6 Å². The van der Waals surface area contributed by atoms with Gasteiger partial charge >= 0.3 is 5.97 Å². The van der Waals surface area contributed by atoms with E-state index in [4.69, 9.17) is 0 Å². The quantitative estimate of drug-likeness (QED) is 0.629. The maximum atomic E-state index is 11.2. The number of ether oxygens (including phenoxy) is 1. The van der Waals surface area contributed by atoms with Gasteiger partial charge in [-0.1, -0.05) is 0 Å². The van der Waals surface area contributed by atoms with E-state index in [1.165, 1.54) is 15.6 Å². The minimum atomic E-state index is -0.195. The minimum absolute atomic E-state index is 0.195. The fraction of sp³-hybridized carbons (Fsp3) is 0.214. The molecule has 0 saturated heterocycles. The second-order valence-electron chi connectivity index (χ2n) is 3.98.